The first-order chi connectivity index (χ1) is 22.9. The summed E-state index contributed by atoms with van der Waals surface area (Å²) >= 11 is 0. The quantitative estimate of drug-likeness (QED) is 0.263. The molecule has 48 heavy (non-hydrogen) atoms. The van der Waals surface area contributed by atoms with E-state index in [0.717, 1.165) is 30.2 Å². The normalized spacial score (nSPS) is 20.5. The Kier molecular flexibility index (Phi) is 9.21. The maximum Gasteiger partial charge on any atom is 0.410 e. The molecule has 0 saturated carbocycles. The number of benzene rings is 2. The van der Waals surface area contributed by atoms with Gasteiger partial charge < -0.3 is 28.9 Å². The van der Waals surface area contributed by atoms with Gasteiger partial charge in [-0.3, -0.25) is 9.36 Å². The highest BCUT2D eigenvalue weighted by Gasteiger charge is 2.37. The Balaban J connectivity index is 1.50. The predicted octanol–water partition coefficient (Wildman–Crippen LogP) is 5.21. The number of piperazine rings is 1. The summed E-state index contributed by atoms with van der Waals surface area (Å²) in [5, 5.41) is 1.84. The zero-order chi connectivity index (χ0) is 34.3. The molecule has 2 saturated heterocycles. The van der Waals surface area contributed by atoms with Crippen LogP contribution < -0.4 is 19.9 Å². The number of likely N-dealkylation sites (tertiary alicyclic amines) is 1. The molecule has 12 heteroatoms. The highest BCUT2D eigenvalue weighted by molar-refractivity contribution is 5.93. The van der Waals surface area contributed by atoms with E-state index >= 15 is 0 Å². The van der Waals surface area contributed by atoms with Gasteiger partial charge >= 0.3 is 12.1 Å². The smallest absolute Gasteiger partial charge is 0.410 e. The van der Waals surface area contributed by atoms with Crippen LogP contribution in [0, 0.1) is 0 Å². The zero-order valence-electron chi connectivity index (χ0n) is 29.3. The maximum atomic E-state index is 14.7. The van der Waals surface area contributed by atoms with Crippen LogP contribution in [-0.4, -0.2) is 99.5 Å². The molecule has 2 aliphatic heterocycles. The fourth-order valence-corrected chi connectivity index (χ4v) is 6.95. The van der Waals surface area contributed by atoms with Gasteiger partial charge in [-0.1, -0.05) is 31.2 Å². The Hall–Kier alpha value is -4.45. The number of hydrogen-bond acceptors (Lipinski definition) is 10. The molecule has 0 bridgehead atoms. The van der Waals surface area contributed by atoms with Crippen molar-refractivity contribution < 1.29 is 19.0 Å². The third kappa shape index (κ3) is 6.50. The monoisotopic (exact) mass is 657 g/mol. The summed E-state index contributed by atoms with van der Waals surface area (Å²) in [6.45, 7) is 13.9. The number of carbonyl (C=O) groups excluding carboxylic acids is 1. The number of aryl methyl sites for hydroxylation is 1. The van der Waals surface area contributed by atoms with Crippen molar-refractivity contribution in [2.75, 3.05) is 45.3 Å². The van der Waals surface area contributed by atoms with Gasteiger partial charge in [-0.2, -0.15) is 9.97 Å². The maximum absolute atomic E-state index is 14.7. The minimum atomic E-state index is -0.600. The number of fused-ring (bicyclic) bond motifs is 2. The fourth-order valence-electron chi connectivity index (χ4n) is 6.95. The second kappa shape index (κ2) is 13.2. The molecule has 2 aromatic heterocycles. The second-order valence-corrected chi connectivity index (χ2v) is 14.0. The molecule has 0 aliphatic carbocycles. The lowest BCUT2D eigenvalue weighted by Gasteiger charge is -2.45. The number of rotatable bonds is 7. The van der Waals surface area contributed by atoms with Crippen LogP contribution in [-0.2, 0) is 11.2 Å². The lowest BCUT2D eigenvalue weighted by atomic mass is 10.1. The minimum absolute atomic E-state index is 0.136. The van der Waals surface area contributed by atoms with Gasteiger partial charge in [-0.15, -0.1) is 0 Å². The summed E-state index contributed by atoms with van der Waals surface area (Å²) in [5.74, 6) is 1.73. The number of carbonyl (C=O) groups is 1. The average molecular weight is 658 g/mol. The lowest BCUT2D eigenvalue weighted by Crippen LogP contribution is -2.59. The molecule has 2 aliphatic rings. The average Bonchev–Trinajstić information content (AvgIpc) is 3.46. The highest BCUT2D eigenvalue weighted by Crippen LogP contribution is 2.33. The summed E-state index contributed by atoms with van der Waals surface area (Å²) in [4.78, 5) is 48.7. The van der Waals surface area contributed by atoms with E-state index in [9.17, 15) is 9.59 Å². The van der Waals surface area contributed by atoms with Crippen LogP contribution >= 0.6 is 0 Å². The van der Waals surface area contributed by atoms with Crippen molar-refractivity contribution in [1.29, 1.82) is 0 Å². The number of hydrogen-bond donors (Lipinski definition) is 0. The molecule has 0 spiro atoms. The van der Waals surface area contributed by atoms with Gasteiger partial charge in [0.1, 0.15) is 29.3 Å². The number of methoxy groups -OCH3 is 1. The molecule has 2 aromatic carbocycles. The second-order valence-electron chi connectivity index (χ2n) is 14.0. The molecule has 4 heterocycles. The van der Waals surface area contributed by atoms with Crippen LogP contribution in [0.25, 0.3) is 27.5 Å². The Morgan fingerprint density at radius 1 is 1.02 bits per heavy atom. The summed E-state index contributed by atoms with van der Waals surface area (Å²) in [7, 11) is 3.71. The first-order valence-electron chi connectivity index (χ1n) is 16.9. The van der Waals surface area contributed by atoms with Gasteiger partial charge in [0, 0.05) is 49.1 Å². The first kappa shape index (κ1) is 33.5. The van der Waals surface area contributed by atoms with Crippen molar-refractivity contribution in [3.63, 3.8) is 0 Å². The Morgan fingerprint density at radius 3 is 2.40 bits per heavy atom. The summed E-state index contributed by atoms with van der Waals surface area (Å²) < 4.78 is 19.3. The van der Waals surface area contributed by atoms with E-state index in [4.69, 9.17) is 29.2 Å². The van der Waals surface area contributed by atoms with Gasteiger partial charge in [0.15, 0.2) is 11.3 Å². The molecule has 0 radical (unpaired) electrons. The van der Waals surface area contributed by atoms with Crippen LogP contribution in [0.15, 0.2) is 41.2 Å². The Morgan fingerprint density at radius 2 is 1.75 bits per heavy atom. The van der Waals surface area contributed by atoms with Crippen molar-refractivity contribution in [3.05, 3.63) is 52.6 Å². The topological polar surface area (TPSA) is 115 Å². The van der Waals surface area contributed by atoms with Crippen molar-refractivity contribution >= 4 is 33.7 Å². The van der Waals surface area contributed by atoms with E-state index in [1.807, 2.05) is 77.9 Å². The van der Waals surface area contributed by atoms with Gasteiger partial charge in [0.05, 0.1) is 12.8 Å². The number of ether oxygens (including phenoxy) is 3. The third-order valence-electron chi connectivity index (χ3n) is 9.25. The Bertz CT molecular complexity index is 1880. The van der Waals surface area contributed by atoms with E-state index in [1.165, 1.54) is 0 Å². The molecule has 2 fully saturated rings. The molecule has 0 N–H and O–H groups in total. The number of likely N-dealkylation sites (N-methyl/N-ethyl adjacent to an activating group) is 1. The molecule has 256 valence electrons. The number of nitrogens with zero attached hydrogens (tertiary/aromatic N) is 7. The lowest BCUT2D eigenvalue weighted by molar-refractivity contribution is 0.0192. The SMILES string of the molecule is CCc1nc2c(N3C(C)CN(C(=O)OC(C)(C)C)C[C@@H]3C)nc(OC[C@@H]3CCCN3C)nc2c(=O)n1-c1cc(OC)cc2ccccc12. The zero-order valence-corrected chi connectivity index (χ0v) is 29.3. The first-order valence-corrected chi connectivity index (χ1v) is 16.9. The predicted molar refractivity (Wildman–Crippen MR) is 187 cm³/mol. The van der Waals surface area contributed by atoms with Crippen LogP contribution in [0.1, 0.15) is 60.2 Å². The molecule has 12 nitrogen and oxygen atoms in total. The van der Waals surface area contributed by atoms with Crippen molar-refractivity contribution in [3.8, 4) is 17.4 Å². The van der Waals surface area contributed by atoms with Gasteiger partial charge in [-0.05, 0) is 72.5 Å². The van der Waals surface area contributed by atoms with Crippen molar-refractivity contribution in [1.82, 2.24) is 29.3 Å². The van der Waals surface area contributed by atoms with E-state index < -0.39 is 5.60 Å². The molecule has 1 unspecified atom stereocenters. The van der Waals surface area contributed by atoms with Crippen LogP contribution in [0.4, 0.5) is 10.6 Å². The van der Waals surface area contributed by atoms with Crippen LogP contribution in [0.5, 0.6) is 11.8 Å². The van der Waals surface area contributed by atoms with E-state index in [1.54, 1.807) is 16.6 Å². The number of anilines is 1. The molecule has 4 aromatic rings. The largest absolute Gasteiger partial charge is 0.497 e. The standard InChI is InChI=1S/C36H47N7O5/c1-9-29-37-30-31(33(44)43(29)28-18-26(46-8)17-24-13-10-11-15-27(24)28)38-34(47-21-25-14-12-16-40(25)7)39-32(30)42-22(2)19-41(20-23(42)3)35(45)48-36(4,5)6/h10-11,13,15,17-18,22-23,25H,9,12,14,16,19-21H2,1-8H3/t22-,23?,25-/m0/s1. The summed E-state index contributed by atoms with van der Waals surface area (Å²) in [5.41, 5.74) is 0.346. The Labute approximate surface area is 281 Å². The summed E-state index contributed by atoms with van der Waals surface area (Å²) in [6, 6.07) is 11.8. The number of aromatic nitrogens is 4. The fraction of sp³-hybridized carbons (Fsp3) is 0.528. The third-order valence-corrected chi connectivity index (χ3v) is 9.25. The minimum Gasteiger partial charge on any atom is -0.497 e. The van der Waals surface area contributed by atoms with Crippen molar-refractivity contribution in [2.45, 2.75) is 84.5 Å². The highest BCUT2D eigenvalue weighted by atomic mass is 16.6. The van der Waals surface area contributed by atoms with E-state index in [-0.39, 0.29) is 41.3 Å². The molecular weight excluding hydrogens is 610 g/mol. The van der Waals surface area contributed by atoms with E-state index in [0.29, 0.717) is 54.7 Å². The van der Waals surface area contributed by atoms with Crippen molar-refractivity contribution in [2.24, 2.45) is 0 Å². The van der Waals surface area contributed by atoms with E-state index in [2.05, 4.69) is 16.8 Å². The van der Waals surface area contributed by atoms with Crippen LogP contribution in [0.2, 0.25) is 0 Å². The molecular formula is C36H47N7O5. The summed E-state index contributed by atoms with van der Waals surface area (Å²) in [6.07, 6.45) is 2.26. The number of amides is 1. The van der Waals surface area contributed by atoms with Gasteiger partial charge in [-0.25, -0.2) is 9.78 Å². The molecule has 1 amide bonds. The van der Waals surface area contributed by atoms with Gasteiger partial charge in [0.2, 0.25) is 0 Å². The van der Waals surface area contributed by atoms with Gasteiger partial charge in [0.25, 0.3) is 5.56 Å². The van der Waals surface area contributed by atoms with Crippen LogP contribution in [0.3, 0.4) is 0 Å². The molecule has 3 atom stereocenters. The molecule has 6 rings (SSSR count).